The molecule has 4 saturated carbocycles. The third-order valence-electron chi connectivity index (χ3n) is 22.3. The number of nitrogens with one attached hydrogen (secondary N) is 8. The SMILES string of the molecule is C=CCNC(=O)C(=O)[C@H](CCCC)NC(=O)[C@@H]1[C@@H]2[C@H](CN1C(=O)[C@@H](NC(=O)NC1([C@@H]3CCS3(=O)=O)CCCCC1)C(C)(C)C)C2(C)C.C=CCNC(=O)C(O)[C@H](CCCC)NC(=O)[C@@H]1[C@@H]2[C@H](CN1C(=O)[C@@H](NC(=O)NC1([C@@H]3CCS3(=O)=O)CCCCC1)C(C)(C)C)C2(C)C. The summed E-state index contributed by atoms with van der Waals surface area (Å²) < 4.78 is 50.8. The Morgan fingerprint density at radius 1 is 0.574 bits per heavy atom. The third-order valence-corrected chi connectivity index (χ3v) is 27.0. The summed E-state index contributed by atoms with van der Waals surface area (Å²) in [5.74, 6) is -3.75. The van der Waals surface area contributed by atoms with Crippen LogP contribution in [0.3, 0.4) is 0 Å². The second kappa shape index (κ2) is 29.6. The van der Waals surface area contributed by atoms with E-state index in [4.69, 9.17) is 0 Å². The van der Waals surface area contributed by atoms with Gasteiger partial charge in [-0.15, -0.1) is 13.2 Å². The summed E-state index contributed by atoms with van der Waals surface area (Å²) in [5, 5.41) is 32.3. The van der Waals surface area contributed by atoms with Crippen molar-refractivity contribution in [2.45, 2.75) is 263 Å². The van der Waals surface area contributed by atoms with E-state index >= 15 is 0 Å². The number of Topliss-reactive ketones (excluding diaryl/α,β-unsaturated/α-hetero) is 1. The number of ketones is 1. The monoisotopic (exact) mass is 1360 g/mol. The lowest BCUT2D eigenvalue weighted by molar-refractivity contribution is -0.145. The molecule has 0 aromatic carbocycles. The van der Waals surface area contributed by atoms with Crippen LogP contribution in [0.5, 0.6) is 0 Å². The van der Waals surface area contributed by atoms with E-state index in [1.54, 1.807) is 4.90 Å². The third kappa shape index (κ3) is 16.3. The van der Waals surface area contributed by atoms with E-state index < -0.39 is 142 Å². The van der Waals surface area contributed by atoms with Crippen molar-refractivity contribution in [2.75, 3.05) is 37.7 Å². The van der Waals surface area contributed by atoms with Crippen LogP contribution >= 0.6 is 0 Å². The number of hydrogen-bond donors (Lipinski definition) is 9. The van der Waals surface area contributed by atoms with E-state index in [1.807, 2.05) is 55.4 Å². The second-order valence-electron chi connectivity index (χ2n) is 31.6. The molecule has 94 heavy (non-hydrogen) atoms. The van der Waals surface area contributed by atoms with Gasteiger partial charge in [-0.25, -0.2) is 26.4 Å². The maximum Gasteiger partial charge on any atom is 0.315 e. The fourth-order valence-corrected chi connectivity index (χ4v) is 20.0. The van der Waals surface area contributed by atoms with Gasteiger partial charge in [0.15, 0.2) is 25.8 Å². The second-order valence-corrected chi connectivity index (χ2v) is 36.2. The van der Waals surface area contributed by atoms with E-state index in [9.17, 15) is 65.1 Å². The number of urea groups is 2. The van der Waals surface area contributed by atoms with Gasteiger partial charge in [-0.1, -0.05) is 159 Å². The van der Waals surface area contributed by atoms with Gasteiger partial charge < -0.3 is 57.4 Å². The number of aliphatic hydroxyl groups excluding tert-OH is 1. The molecule has 8 fully saturated rings. The number of nitrogens with zero attached hydrogens (tertiary/aromatic N) is 2. The molecule has 0 bridgehead atoms. The predicted molar refractivity (Wildman–Crippen MR) is 359 cm³/mol. The van der Waals surface area contributed by atoms with Crippen LogP contribution in [0.2, 0.25) is 0 Å². The Labute approximate surface area is 558 Å². The van der Waals surface area contributed by atoms with E-state index in [0.29, 0.717) is 70.9 Å². The van der Waals surface area contributed by atoms with Gasteiger partial charge in [0.05, 0.1) is 45.2 Å². The lowest BCUT2D eigenvalue weighted by Gasteiger charge is -2.47. The van der Waals surface area contributed by atoms with Gasteiger partial charge in [-0.3, -0.25) is 33.6 Å². The minimum absolute atomic E-state index is 0.0617. The lowest BCUT2D eigenvalue weighted by atomic mass is 9.78. The number of carbonyl (C=O) groups is 9. The van der Waals surface area contributed by atoms with E-state index in [2.05, 4.69) is 83.4 Å². The first-order chi connectivity index (χ1) is 43.8. The molecule has 8 aliphatic rings. The molecule has 1 unspecified atom stereocenters. The number of fused-ring (bicyclic) bond motifs is 2. The number of hydrogen-bond acceptors (Lipinski definition) is 14. The Morgan fingerprint density at radius 2 is 0.968 bits per heavy atom. The van der Waals surface area contributed by atoms with Gasteiger partial charge in [0.2, 0.25) is 29.4 Å². The molecule has 4 saturated heterocycles. The molecular weight excluding hydrogens is 1240 g/mol. The Bertz CT molecular complexity index is 3090. The molecule has 10 amide bonds. The van der Waals surface area contributed by atoms with Crippen molar-refractivity contribution in [1.29, 1.82) is 0 Å². The summed E-state index contributed by atoms with van der Waals surface area (Å²) in [7, 11) is -6.57. The molecule has 24 nitrogen and oxygen atoms in total. The number of amides is 10. The maximum atomic E-state index is 14.4. The molecular formula is C68H112N10O14S2. The summed E-state index contributed by atoms with van der Waals surface area (Å²) in [6.45, 7) is 31.3. The topological polar surface area (TPSA) is 345 Å². The van der Waals surface area contributed by atoms with Gasteiger partial charge >= 0.3 is 12.1 Å². The van der Waals surface area contributed by atoms with E-state index in [1.165, 1.54) is 17.1 Å². The quantitative estimate of drug-likeness (QED) is 0.0405. The highest BCUT2D eigenvalue weighted by molar-refractivity contribution is 7.93. The first kappa shape index (κ1) is 75.7. The predicted octanol–water partition coefficient (Wildman–Crippen LogP) is 5.03. The number of carbonyl (C=O) groups excluding carboxylic acids is 9. The average Bonchev–Trinajstić information content (AvgIpc) is 1.52. The lowest BCUT2D eigenvalue weighted by Crippen LogP contribution is -2.67. The molecule has 8 rings (SSSR count). The van der Waals surface area contributed by atoms with E-state index in [-0.39, 0.29) is 71.4 Å². The van der Waals surface area contributed by atoms with Crippen LogP contribution in [0.1, 0.15) is 199 Å². The van der Waals surface area contributed by atoms with Crippen LogP contribution in [-0.4, -0.2) is 187 Å². The summed E-state index contributed by atoms with van der Waals surface area (Å²) >= 11 is 0. The van der Waals surface area contributed by atoms with Gasteiger partial charge in [-0.2, -0.15) is 0 Å². The van der Waals surface area contributed by atoms with Crippen molar-refractivity contribution in [2.24, 2.45) is 45.3 Å². The Balaban J connectivity index is 0.000000266. The molecule has 13 atom stereocenters. The summed E-state index contributed by atoms with van der Waals surface area (Å²) in [6, 6.07) is -6.79. The zero-order valence-electron chi connectivity index (χ0n) is 58.0. The summed E-state index contributed by atoms with van der Waals surface area (Å²) in [6.07, 6.45) is 13.5. The summed E-state index contributed by atoms with van der Waals surface area (Å²) in [5.41, 5.74) is -3.59. The number of unbranched alkanes of at least 4 members (excludes halogenated alkanes) is 2. The molecule has 530 valence electrons. The van der Waals surface area contributed by atoms with Crippen LogP contribution in [-0.2, 0) is 53.2 Å². The fourth-order valence-electron chi connectivity index (χ4n) is 16.4. The van der Waals surface area contributed by atoms with Crippen LogP contribution in [0.4, 0.5) is 9.59 Å². The molecule has 26 heteroatoms. The number of aliphatic hydroxyl groups is 1. The van der Waals surface area contributed by atoms with Gasteiger partial charge in [0.25, 0.3) is 11.8 Å². The highest BCUT2D eigenvalue weighted by Gasteiger charge is 2.71. The molecule has 9 N–H and O–H groups in total. The van der Waals surface area contributed by atoms with Gasteiger partial charge in [-0.05, 0) is 96.7 Å². The molecule has 0 aromatic rings. The summed E-state index contributed by atoms with van der Waals surface area (Å²) in [4.78, 5) is 125. The van der Waals surface area contributed by atoms with Crippen molar-refractivity contribution >= 4 is 73.0 Å². The molecule has 0 spiro atoms. The van der Waals surface area contributed by atoms with Gasteiger partial charge in [0.1, 0.15) is 24.2 Å². The molecule has 4 heterocycles. The number of sulfone groups is 2. The van der Waals surface area contributed by atoms with Crippen molar-refractivity contribution in [3.8, 4) is 0 Å². The van der Waals surface area contributed by atoms with Crippen molar-refractivity contribution in [3.63, 3.8) is 0 Å². The normalized spacial score (nSPS) is 28.4. The van der Waals surface area contributed by atoms with Crippen molar-refractivity contribution in [3.05, 3.63) is 25.3 Å². The first-order valence-electron chi connectivity index (χ1n) is 34.6. The van der Waals surface area contributed by atoms with Crippen molar-refractivity contribution < 1.29 is 65.1 Å². The number of piperidine rings is 2. The van der Waals surface area contributed by atoms with Crippen LogP contribution in [0.25, 0.3) is 0 Å². The highest BCUT2D eigenvalue weighted by Crippen LogP contribution is 2.66. The fraction of sp³-hybridized carbons (Fsp3) is 0.809. The molecule has 0 aromatic heterocycles. The maximum absolute atomic E-state index is 14.4. The van der Waals surface area contributed by atoms with Crippen LogP contribution in [0, 0.1) is 45.3 Å². The van der Waals surface area contributed by atoms with Crippen LogP contribution < -0.4 is 42.5 Å². The first-order valence-corrected chi connectivity index (χ1v) is 38.1. The Hall–Kier alpha value is -5.63. The minimum Gasteiger partial charge on any atom is -0.381 e. The Morgan fingerprint density at radius 3 is 1.33 bits per heavy atom. The zero-order valence-corrected chi connectivity index (χ0v) is 59.6. The standard InChI is InChI=1S/C34H57N5O7S.C34H55N5O7S/c2*1-8-10-14-22(26(40)29(42)35-18-9-2)36-28(41)25-24-21(33(24,6)7)20-39(25)30(43)27(32(3,4)5)37-31(44)38-34(16-12-11-13-17-34)23-15-19-47(23,45)46/h9,21-27,40H,2,8,10-20H2,1,3-7H3,(H,35,42)(H,36,41)(H2,37,38,44);9,21-25,27H,2,8,10-20H2,1,3-7H3,(H,35,42)(H,36,41)(H2,37,38,44)/t21-,22-,23-,24-,25-,26?,27+;21-,22-,23-,24-,25-,27+/m00/s1. The average molecular weight is 1360 g/mol. The molecule has 0 radical (unpaired) electrons. The largest absolute Gasteiger partial charge is 0.381 e. The highest BCUT2D eigenvalue weighted by atomic mass is 32.2. The van der Waals surface area contributed by atoms with E-state index in [0.717, 1.165) is 51.4 Å². The van der Waals surface area contributed by atoms with Gasteiger partial charge in [0, 0.05) is 26.2 Å². The Kier molecular flexibility index (Phi) is 23.9. The number of likely N-dealkylation sites (tertiary alicyclic amines) is 2. The van der Waals surface area contributed by atoms with Crippen molar-refractivity contribution in [1.82, 2.24) is 52.3 Å². The minimum atomic E-state index is -3.29. The van der Waals surface area contributed by atoms with Crippen LogP contribution in [0.15, 0.2) is 25.3 Å². The molecule has 4 aliphatic carbocycles. The zero-order chi connectivity index (χ0) is 69.9. The molecule has 4 aliphatic heterocycles. The smallest absolute Gasteiger partial charge is 0.315 e. The number of rotatable bonds is 26.